The topological polar surface area (TPSA) is 54.1 Å². The molecular formula is C18H18N4O2. The Balaban J connectivity index is 1.24. The maximum atomic E-state index is 5.67. The van der Waals surface area contributed by atoms with Crippen molar-refractivity contribution in [1.29, 1.82) is 0 Å². The van der Waals surface area contributed by atoms with Crippen LogP contribution in [0.5, 0.6) is 0 Å². The first-order chi connectivity index (χ1) is 11.9. The van der Waals surface area contributed by atoms with Crippen LogP contribution in [-0.2, 0) is 22.9 Å². The lowest BCUT2D eigenvalue weighted by Gasteiger charge is -2.08. The summed E-state index contributed by atoms with van der Waals surface area (Å²) in [4.78, 5) is 8.68. The minimum atomic E-state index is 0.470. The lowest BCUT2D eigenvalue weighted by atomic mass is 10.3. The van der Waals surface area contributed by atoms with Gasteiger partial charge in [0, 0.05) is 0 Å². The Morgan fingerprint density at radius 1 is 0.667 bits per heavy atom. The van der Waals surface area contributed by atoms with Gasteiger partial charge in [-0.3, -0.25) is 0 Å². The van der Waals surface area contributed by atoms with Crippen LogP contribution in [0.15, 0.2) is 61.2 Å². The molecule has 0 saturated heterocycles. The Morgan fingerprint density at radius 3 is 1.62 bits per heavy atom. The van der Waals surface area contributed by atoms with Gasteiger partial charge in [0.15, 0.2) is 0 Å². The predicted octanol–water partition coefficient (Wildman–Crippen LogP) is 3.03. The molecule has 2 aromatic carbocycles. The van der Waals surface area contributed by atoms with Crippen LogP contribution in [0.4, 0.5) is 0 Å². The third-order valence-electron chi connectivity index (χ3n) is 3.89. The van der Waals surface area contributed by atoms with Crippen LogP contribution in [0.3, 0.4) is 0 Å². The van der Waals surface area contributed by atoms with Gasteiger partial charge in [0.1, 0.15) is 13.5 Å². The van der Waals surface area contributed by atoms with Crippen LogP contribution in [0.1, 0.15) is 0 Å². The smallest absolute Gasteiger partial charge is 0.124 e. The highest BCUT2D eigenvalue weighted by Gasteiger charge is 2.02. The number of nitrogens with zero attached hydrogens (tertiary/aromatic N) is 4. The Kier molecular flexibility index (Phi) is 4.22. The monoisotopic (exact) mass is 322 g/mol. The van der Waals surface area contributed by atoms with Crippen molar-refractivity contribution in [2.75, 3.05) is 13.2 Å². The molecule has 6 heteroatoms. The fraction of sp³-hybridized carbons (Fsp3) is 0.222. The maximum absolute atomic E-state index is 5.67. The molecule has 0 amide bonds. The van der Waals surface area contributed by atoms with Crippen LogP contribution in [0.2, 0.25) is 0 Å². The molecule has 0 fully saturated rings. The van der Waals surface area contributed by atoms with Crippen LogP contribution >= 0.6 is 0 Å². The number of imidazole rings is 2. The van der Waals surface area contributed by atoms with E-state index in [1.807, 2.05) is 57.7 Å². The second-order valence-electron chi connectivity index (χ2n) is 5.48. The molecule has 0 radical (unpaired) electrons. The minimum absolute atomic E-state index is 0.470. The molecule has 2 heterocycles. The first kappa shape index (κ1) is 14.9. The van der Waals surface area contributed by atoms with Gasteiger partial charge in [0.05, 0.1) is 47.9 Å². The van der Waals surface area contributed by atoms with E-state index in [4.69, 9.17) is 9.47 Å². The fourth-order valence-electron chi connectivity index (χ4n) is 2.67. The van der Waals surface area contributed by atoms with Crippen molar-refractivity contribution < 1.29 is 9.47 Å². The van der Waals surface area contributed by atoms with Crippen molar-refractivity contribution >= 4 is 22.1 Å². The highest BCUT2D eigenvalue weighted by atomic mass is 16.5. The van der Waals surface area contributed by atoms with E-state index in [1.165, 1.54) is 0 Å². The van der Waals surface area contributed by atoms with E-state index in [2.05, 4.69) is 9.97 Å². The number of hydrogen-bond acceptors (Lipinski definition) is 4. The largest absolute Gasteiger partial charge is 0.358 e. The molecule has 0 aliphatic heterocycles. The molecule has 0 bridgehead atoms. The zero-order valence-electron chi connectivity index (χ0n) is 13.2. The number of fused-ring (bicyclic) bond motifs is 2. The summed E-state index contributed by atoms with van der Waals surface area (Å²) < 4.78 is 15.3. The van der Waals surface area contributed by atoms with Crippen molar-refractivity contribution in [3.05, 3.63) is 61.2 Å². The van der Waals surface area contributed by atoms with Crippen molar-refractivity contribution in [2.45, 2.75) is 13.5 Å². The molecule has 4 aromatic rings. The SMILES string of the molecule is c1ccc2c(c1)ncn2COCCOCn1cnc2ccccc21. The van der Waals surface area contributed by atoms with E-state index in [0.717, 1.165) is 22.1 Å². The van der Waals surface area contributed by atoms with Crippen LogP contribution < -0.4 is 0 Å². The number of hydrogen-bond donors (Lipinski definition) is 0. The molecule has 0 N–H and O–H groups in total. The van der Waals surface area contributed by atoms with Gasteiger partial charge in [-0.05, 0) is 24.3 Å². The van der Waals surface area contributed by atoms with Crippen LogP contribution in [-0.4, -0.2) is 32.3 Å². The molecule has 0 atom stereocenters. The molecule has 6 nitrogen and oxygen atoms in total. The van der Waals surface area contributed by atoms with E-state index in [9.17, 15) is 0 Å². The molecule has 2 aromatic heterocycles. The van der Waals surface area contributed by atoms with Gasteiger partial charge in [-0.2, -0.15) is 0 Å². The number of ether oxygens (including phenoxy) is 2. The second-order valence-corrected chi connectivity index (χ2v) is 5.48. The van der Waals surface area contributed by atoms with Gasteiger partial charge in [0.2, 0.25) is 0 Å². The number of benzene rings is 2. The first-order valence-corrected chi connectivity index (χ1v) is 7.87. The fourth-order valence-corrected chi connectivity index (χ4v) is 2.67. The van der Waals surface area contributed by atoms with Gasteiger partial charge in [-0.1, -0.05) is 24.3 Å². The average molecular weight is 322 g/mol. The number of rotatable bonds is 7. The highest BCUT2D eigenvalue weighted by Crippen LogP contribution is 2.12. The van der Waals surface area contributed by atoms with Gasteiger partial charge in [-0.25, -0.2) is 9.97 Å². The Bertz CT molecular complexity index is 866. The van der Waals surface area contributed by atoms with Crippen molar-refractivity contribution in [2.24, 2.45) is 0 Å². The Labute approximate surface area is 139 Å². The highest BCUT2D eigenvalue weighted by molar-refractivity contribution is 5.75. The molecule has 4 rings (SSSR count). The lowest BCUT2D eigenvalue weighted by molar-refractivity contribution is -0.0000596. The normalized spacial score (nSPS) is 11.5. The van der Waals surface area contributed by atoms with E-state index < -0.39 is 0 Å². The molecular weight excluding hydrogens is 304 g/mol. The Morgan fingerprint density at radius 2 is 1.12 bits per heavy atom. The maximum Gasteiger partial charge on any atom is 0.124 e. The molecule has 0 saturated carbocycles. The molecule has 0 unspecified atom stereocenters. The Hall–Kier alpha value is -2.70. The summed E-state index contributed by atoms with van der Waals surface area (Å²) in [5.74, 6) is 0. The predicted molar refractivity (Wildman–Crippen MR) is 91.4 cm³/mol. The van der Waals surface area contributed by atoms with Crippen molar-refractivity contribution in [3.8, 4) is 0 Å². The third-order valence-corrected chi connectivity index (χ3v) is 3.89. The van der Waals surface area contributed by atoms with Gasteiger partial charge >= 0.3 is 0 Å². The van der Waals surface area contributed by atoms with Crippen LogP contribution in [0.25, 0.3) is 22.1 Å². The van der Waals surface area contributed by atoms with Gasteiger partial charge < -0.3 is 18.6 Å². The molecule has 122 valence electrons. The van der Waals surface area contributed by atoms with E-state index >= 15 is 0 Å². The molecule has 0 spiro atoms. The number of aromatic nitrogens is 4. The summed E-state index contributed by atoms with van der Waals surface area (Å²) in [7, 11) is 0. The zero-order chi connectivity index (χ0) is 16.2. The zero-order valence-corrected chi connectivity index (χ0v) is 13.2. The average Bonchev–Trinajstić information content (AvgIpc) is 3.22. The summed E-state index contributed by atoms with van der Waals surface area (Å²) in [5.41, 5.74) is 4.10. The molecule has 0 aliphatic carbocycles. The van der Waals surface area contributed by atoms with E-state index in [1.54, 1.807) is 12.7 Å². The minimum Gasteiger partial charge on any atom is -0.358 e. The standard InChI is InChI=1S/C18H18N4O2/c1-3-7-17-15(5-1)19-11-21(17)13-23-9-10-24-14-22-12-20-16-6-2-4-8-18(16)22/h1-8,11-12H,9-10,13-14H2. The summed E-state index contributed by atoms with van der Waals surface area (Å²) in [5, 5.41) is 0. The summed E-state index contributed by atoms with van der Waals surface area (Å²) >= 11 is 0. The summed E-state index contributed by atoms with van der Waals surface area (Å²) in [6.45, 7) is 1.99. The van der Waals surface area contributed by atoms with E-state index in [-0.39, 0.29) is 0 Å². The summed E-state index contributed by atoms with van der Waals surface area (Å²) in [6.07, 6.45) is 3.59. The van der Waals surface area contributed by atoms with Crippen molar-refractivity contribution in [3.63, 3.8) is 0 Å². The third kappa shape index (κ3) is 3.02. The van der Waals surface area contributed by atoms with Crippen molar-refractivity contribution in [1.82, 2.24) is 19.1 Å². The number of para-hydroxylation sites is 4. The lowest BCUT2D eigenvalue weighted by Crippen LogP contribution is -2.09. The van der Waals surface area contributed by atoms with Gasteiger partial charge in [-0.15, -0.1) is 0 Å². The summed E-state index contributed by atoms with van der Waals surface area (Å²) in [6, 6.07) is 16.0. The first-order valence-electron chi connectivity index (χ1n) is 7.87. The van der Waals surface area contributed by atoms with Crippen LogP contribution in [0, 0.1) is 0 Å². The van der Waals surface area contributed by atoms with Gasteiger partial charge in [0.25, 0.3) is 0 Å². The second kappa shape index (κ2) is 6.82. The molecule has 24 heavy (non-hydrogen) atoms. The molecule has 0 aliphatic rings. The quantitative estimate of drug-likeness (QED) is 0.491. The van der Waals surface area contributed by atoms with E-state index in [0.29, 0.717) is 26.7 Å².